The van der Waals surface area contributed by atoms with Crippen LogP contribution in [-0.4, -0.2) is 58.5 Å². The van der Waals surface area contributed by atoms with E-state index in [0.29, 0.717) is 6.54 Å². The Morgan fingerprint density at radius 2 is 2.38 bits per heavy atom. The van der Waals surface area contributed by atoms with E-state index in [-0.39, 0.29) is 6.10 Å². The molecule has 1 fully saturated rings. The van der Waals surface area contributed by atoms with Crippen molar-refractivity contribution in [3.63, 3.8) is 0 Å². The van der Waals surface area contributed by atoms with Crippen LogP contribution in [0.25, 0.3) is 0 Å². The quantitative estimate of drug-likeness (QED) is 0.591. The molecule has 7 nitrogen and oxygen atoms in total. The molecule has 142 valence electrons. The number of hydrogen-bond acceptors (Lipinski definition) is 5. The highest BCUT2D eigenvalue weighted by atomic mass is 32.1. The van der Waals surface area contributed by atoms with E-state index in [0.717, 1.165) is 56.6 Å². The molecule has 0 radical (unpaired) electrons. The molecule has 0 bridgehead atoms. The molecule has 0 aromatic carbocycles. The first-order valence-corrected chi connectivity index (χ1v) is 9.99. The SMILES string of the molecule is Cc1nnc(CN=C(NCC2CCCO2)N(C)CCc2cccs2)n1C. The van der Waals surface area contributed by atoms with Crippen LogP contribution in [0.15, 0.2) is 22.5 Å². The maximum Gasteiger partial charge on any atom is 0.194 e. The summed E-state index contributed by atoms with van der Waals surface area (Å²) in [5, 5.41) is 13.9. The van der Waals surface area contributed by atoms with Gasteiger partial charge in [-0.05, 0) is 37.6 Å². The molecule has 0 aliphatic carbocycles. The molecule has 3 heterocycles. The fourth-order valence-corrected chi connectivity index (χ4v) is 3.59. The number of hydrogen-bond donors (Lipinski definition) is 1. The number of nitrogens with zero attached hydrogens (tertiary/aromatic N) is 5. The van der Waals surface area contributed by atoms with Crippen LogP contribution < -0.4 is 5.32 Å². The van der Waals surface area contributed by atoms with E-state index >= 15 is 0 Å². The highest BCUT2D eigenvalue weighted by Gasteiger charge is 2.17. The monoisotopic (exact) mass is 376 g/mol. The largest absolute Gasteiger partial charge is 0.376 e. The number of rotatable bonds is 7. The van der Waals surface area contributed by atoms with Gasteiger partial charge in [-0.1, -0.05) is 6.07 Å². The van der Waals surface area contributed by atoms with Crippen molar-refractivity contribution in [2.24, 2.45) is 12.0 Å². The zero-order chi connectivity index (χ0) is 18.4. The summed E-state index contributed by atoms with van der Waals surface area (Å²) < 4.78 is 7.71. The van der Waals surface area contributed by atoms with Crippen molar-refractivity contribution >= 4 is 17.3 Å². The Kier molecular flexibility index (Phi) is 6.62. The smallest absolute Gasteiger partial charge is 0.194 e. The van der Waals surface area contributed by atoms with Crippen molar-refractivity contribution in [3.8, 4) is 0 Å². The minimum absolute atomic E-state index is 0.281. The summed E-state index contributed by atoms with van der Waals surface area (Å²) in [5.74, 6) is 2.65. The van der Waals surface area contributed by atoms with E-state index in [4.69, 9.17) is 9.73 Å². The molecular weight excluding hydrogens is 348 g/mol. The predicted octanol–water partition coefficient (Wildman–Crippen LogP) is 1.98. The van der Waals surface area contributed by atoms with Gasteiger partial charge in [0.2, 0.25) is 0 Å². The van der Waals surface area contributed by atoms with Gasteiger partial charge >= 0.3 is 0 Å². The van der Waals surface area contributed by atoms with Crippen LogP contribution in [0.4, 0.5) is 0 Å². The normalized spacial score (nSPS) is 17.7. The fourth-order valence-electron chi connectivity index (χ4n) is 2.89. The molecule has 2 aromatic rings. The molecular formula is C18H28N6OS. The third-order valence-corrected chi connectivity index (χ3v) is 5.64. The minimum atomic E-state index is 0.281. The highest BCUT2D eigenvalue weighted by molar-refractivity contribution is 7.09. The van der Waals surface area contributed by atoms with Gasteiger partial charge < -0.3 is 19.5 Å². The second-order valence-corrected chi connectivity index (χ2v) is 7.66. The van der Waals surface area contributed by atoms with Crippen LogP contribution in [0.3, 0.4) is 0 Å². The Balaban J connectivity index is 1.62. The van der Waals surface area contributed by atoms with Crippen molar-refractivity contribution in [2.75, 3.05) is 26.7 Å². The van der Waals surface area contributed by atoms with Crippen molar-refractivity contribution < 1.29 is 4.74 Å². The Bertz CT molecular complexity index is 705. The fraction of sp³-hybridized carbons (Fsp3) is 0.611. The van der Waals surface area contributed by atoms with E-state index in [1.807, 2.05) is 18.5 Å². The lowest BCUT2D eigenvalue weighted by atomic mass is 10.2. The molecule has 0 saturated carbocycles. The van der Waals surface area contributed by atoms with Gasteiger partial charge in [-0.25, -0.2) is 4.99 Å². The van der Waals surface area contributed by atoms with Gasteiger partial charge in [0.05, 0.1) is 6.10 Å². The lowest BCUT2D eigenvalue weighted by molar-refractivity contribution is 0.113. The van der Waals surface area contributed by atoms with E-state index in [2.05, 4.69) is 45.0 Å². The van der Waals surface area contributed by atoms with Crippen molar-refractivity contribution in [1.82, 2.24) is 25.0 Å². The van der Waals surface area contributed by atoms with Gasteiger partial charge in [-0.2, -0.15) is 0 Å². The summed E-state index contributed by atoms with van der Waals surface area (Å²) >= 11 is 1.80. The molecule has 0 amide bonds. The van der Waals surface area contributed by atoms with E-state index in [1.54, 1.807) is 11.3 Å². The van der Waals surface area contributed by atoms with Gasteiger partial charge in [0.25, 0.3) is 0 Å². The number of aliphatic imine (C=N–C) groups is 1. The zero-order valence-electron chi connectivity index (χ0n) is 15.8. The first-order valence-electron chi connectivity index (χ1n) is 9.12. The van der Waals surface area contributed by atoms with Crippen molar-refractivity contribution in [2.45, 2.75) is 38.8 Å². The number of guanidine groups is 1. The predicted molar refractivity (Wildman–Crippen MR) is 105 cm³/mol. The molecule has 8 heteroatoms. The molecule has 1 aliphatic rings. The Morgan fingerprint density at radius 3 is 3.04 bits per heavy atom. The Hall–Kier alpha value is -1.93. The minimum Gasteiger partial charge on any atom is -0.376 e. The summed E-state index contributed by atoms with van der Waals surface area (Å²) in [6.45, 7) is 5.03. The Morgan fingerprint density at radius 1 is 1.50 bits per heavy atom. The number of thiophene rings is 1. The van der Waals surface area contributed by atoms with Gasteiger partial charge in [-0.3, -0.25) is 0 Å². The molecule has 1 aliphatic heterocycles. The average Bonchev–Trinajstić information content (AvgIpc) is 3.39. The molecule has 26 heavy (non-hydrogen) atoms. The van der Waals surface area contributed by atoms with Gasteiger partial charge in [0.1, 0.15) is 12.4 Å². The zero-order valence-corrected chi connectivity index (χ0v) is 16.6. The van der Waals surface area contributed by atoms with E-state index in [1.165, 1.54) is 4.88 Å². The number of ether oxygens (including phenoxy) is 1. The number of likely N-dealkylation sites (N-methyl/N-ethyl adjacent to an activating group) is 1. The third kappa shape index (κ3) is 5.04. The van der Waals surface area contributed by atoms with Crippen molar-refractivity contribution in [3.05, 3.63) is 34.0 Å². The standard InChI is InChI=1S/C18H28N6OS/c1-14-21-22-17(24(14)3)13-20-18(19-12-15-6-4-10-25-15)23(2)9-8-16-7-5-11-26-16/h5,7,11,15H,4,6,8-10,12-13H2,1-3H3,(H,19,20). The second-order valence-electron chi connectivity index (χ2n) is 6.63. The van der Waals surface area contributed by atoms with Crippen LogP contribution in [-0.2, 0) is 24.8 Å². The van der Waals surface area contributed by atoms with Crippen LogP contribution in [0.2, 0.25) is 0 Å². The lowest BCUT2D eigenvalue weighted by Gasteiger charge is -2.23. The molecule has 1 unspecified atom stereocenters. The molecule has 3 rings (SSSR count). The first kappa shape index (κ1) is 18.8. The first-order chi connectivity index (χ1) is 12.6. The van der Waals surface area contributed by atoms with Crippen molar-refractivity contribution in [1.29, 1.82) is 0 Å². The Labute approximate surface area is 159 Å². The van der Waals surface area contributed by atoms with Gasteiger partial charge in [0, 0.05) is 38.7 Å². The van der Waals surface area contributed by atoms with Crippen LogP contribution in [0.5, 0.6) is 0 Å². The topological polar surface area (TPSA) is 67.6 Å². The van der Waals surface area contributed by atoms with Gasteiger partial charge in [-0.15, -0.1) is 21.5 Å². The molecule has 1 N–H and O–H groups in total. The summed E-state index contributed by atoms with van der Waals surface area (Å²) in [6, 6.07) is 4.28. The number of aryl methyl sites for hydroxylation is 1. The molecule has 1 atom stereocenters. The van der Waals surface area contributed by atoms with E-state index in [9.17, 15) is 0 Å². The average molecular weight is 377 g/mol. The highest BCUT2D eigenvalue weighted by Crippen LogP contribution is 2.12. The maximum absolute atomic E-state index is 5.73. The lowest BCUT2D eigenvalue weighted by Crippen LogP contribution is -2.43. The van der Waals surface area contributed by atoms with Crippen LogP contribution >= 0.6 is 11.3 Å². The molecule has 1 saturated heterocycles. The number of nitrogens with one attached hydrogen (secondary N) is 1. The number of aromatic nitrogens is 3. The molecule has 2 aromatic heterocycles. The summed E-state index contributed by atoms with van der Waals surface area (Å²) in [4.78, 5) is 8.35. The maximum atomic E-state index is 5.73. The molecule has 0 spiro atoms. The second kappa shape index (κ2) is 9.14. The summed E-state index contributed by atoms with van der Waals surface area (Å²) in [6.07, 6.45) is 3.55. The summed E-state index contributed by atoms with van der Waals surface area (Å²) in [7, 11) is 4.05. The summed E-state index contributed by atoms with van der Waals surface area (Å²) in [5.41, 5.74) is 0. The van der Waals surface area contributed by atoms with Crippen LogP contribution in [0, 0.1) is 6.92 Å². The van der Waals surface area contributed by atoms with Gasteiger partial charge in [0.15, 0.2) is 11.8 Å². The van der Waals surface area contributed by atoms with Crippen LogP contribution in [0.1, 0.15) is 29.4 Å². The van der Waals surface area contributed by atoms with E-state index < -0.39 is 0 Å². The third-order valence-electron chi connectivity index (χ3n) is 4.70.